The van der Waals surface area contributed by atoms with Crippen LogP contribution in [0.15, 0.2) is 72.8 Å². The Morgan fingerprint density at radius 2 is 1.46 bits per heavy atom. The molecular formula is C21H18FN3O2S. The minimum atomic E-state index is -0.391. The summed E-state index contributed by atoms with van der Waals surface area (Å²) in [5.74, 6) is 0.0920. The molecule has 142 valence electrons. The van der Waals surface area contributed by atoms with Crippen molar-refractivity contribution in [3.8, 4) is 5.75 Å². The Bertz CT molecular complexity index is 976. The van der Waals surface area contributed by atoms with E-state index in [1.165, 1.54) is 6.07 Å². The summed E-state index contributed by atoms with van der Waals surface area (Å²) in [5.41, 5.74) is 2.13. The fraction of sp³-hybridized carbons (Fsp3) is 0.0476. The number of carbonyl (C=O) groups excluding carboxylic acids is 1. The Hall–Kier alpha value is -3.45. The van der Waals surface area contributed by atoms with E-state index >= 15 is 0 Å². The van der Waals surface area contributed by atoms with Crippen molar-refractivity contribution in [3.63, 3.8) is 0 Å². The average Bonchev–Trinajstić information content (AvgIpc) is 2.71. The van der Waals surface area contributed by atoms with Crippen molar-refractivity contribution >= 4 is 40.3 Å². The van der Waals surface area contributed by atoms with Crippen molar-refractivity contribution in [2.75, 3.05) is 23.1 Å². The number of hydrogen-bond donors (Lipinski definition) is 3. The molecule has 0 saturated carbocycles. The zero-order chi connectivity index (χ0) is 19.9. The van der Waals surface area contributed by atoms with Crippen molar-refractivity contribution in [1.29, 1.82) is 0 Å². The average molecular weight is 395 g/mol. The summed E-state index contributed by atoms with van der Waals surface area (Å²) in [7, 11) is 1.58. The Balaban J connectivity index is 1.58. The number of hydrogen-bond acceptors (Lipinski definition) is 3. The first-order valence-corrected chi connectivity index (χ1v) is 8.84. The van der Waals surface area contributed by atoms with Crippen LogP contribution in [-0.4, -0.2) is 18.1 Å². The molecule has 3 rings (SSSR count). The molecule has 0 aliphatic heterocycles. The number of methoxy groups -OCH3 is 1. The van der Waals surface area contributed by atoms with Gasteiger partial charge in [-0.3, -0.25) is 4.79 Å². The van der Waals surface area contributed by atoms with Gasteiger partial charge < -0.3 is 20.7 Å². The van der Waals surface area contributed by atoms with Crippen LogP contribution in [-0.2, 0) is 0 Å². The maximum absolute atomic E-state index is 13.7. The third kappa shape index (κ3) is 5.05. The first kappa shape index (κ1) is 19.3. The topological polar surface area (TPSA) is 62.4 Å². The molecule has 3 aromatic rings. The lowest BCUT2D eigenvalue weighted by Gasteiger charge is -2.12. The lowest BCUT2D eigenvalue weighted by atomic mass is 10.2. The van der Waals surface area contributed by atoms with Crippen LogP contribution >= 0.6 is 12.2 Å². The fourth-order valence-electron chi connectivity index (χ4n) is 2.43. The molecule has 0 aliphatic carbocycles. The monoisotopic (exact) mass is 395 g/mol. The number of carbonyl (C=O) groups is 1. The van der Waals surface area contributed by atoms with Gasteiger partial charge in [-0.25, -0.2) is 4.39 Å². The second-order valence-electron chi connectivity index (χ2n) is 5.82. The van der Waals surface area contributed by atoms with Gasteiger partial charge >= 0.3 is 0 Å². The molecule has 0 aromatic heterocycles. The second-order valence-corrected chi connectivity index (χ2v) is 6.23. The predicted molar refractivity (Wildman–Crippen MR) is 114 cm³/mol. The van der Waals surface area contributed by atoms with Gasteiger partial charge in [0.2, 0.25) is 0 Å². The van der Waals surface area contributed by atoms with Gasteiger partial charge in [0.1, 0.15) is 11.6 Å². The normalized spacial score (nSPS) is 10.1. The molecule has 0 spiro atoms. The van der Waals surface area contributed by atoms with E-state index in [0.29, 0.717) is 22.7 Å². The van der Waals surface area contributed by atoms with Crippen molar-refractivity contribution < 1.29 is 13.9 Å². The van der Waals surface area contributed by atoms with Crippen molar-refractivity contribution in [2.45, 2.75) is 0 Å². The number of halogens is 1. The molecule has 1 amide bonds. The van der Waals surface area contributed by atoms with E-state index in [0.717, 1.165) is 0 Å². The zero-order valence-corrected chi connectivity index (χ0v) is 15.8. The van der Waals surface area contributed by atoms with E-state index in [2.05, 4.69) is 16.0 Å². The minimum Gasteiger partial charge on any atom is -0.497 e. The molecule has 0 heterocycles. The minimum absolute atomic E-state index is 0.233. The van der Waals surface area contributed by atoms with Crippen LogP contribution in [0.5, 0.6) is 5.75 Å². The third-order valence-corrected chi connectivity index (χ3v) is 4.08. The van der Waals surface area contributed by atoms with Gasteiger partial charge in [-0.15, -0.1) is 0 Å². The lowest BCUT2D eigenvalue weighted by Crippen LogP contribution is -2.20. The summed E-state index contributed by atoms with van der Waals surface area (Å²) in [6.45, 7) is 0. The van der Waals surface area contributed by atoms with E-state index in [1.807, 2.05) is 0 Å². The van der Waals surface area contributed by atoms with E-state index in [-0.39, 0.29) is 16.7 Å². The zero-order valence-electron chi connectivity index (χ0n) is 15.0. The molecule has 3 N–H and O–H groups in total. The molecule has 0 bridgehead atoms. The number of anilines is 3. The predicted octanol–water partition coefficient (Wildman–Crippen LogP) is 4.90. The maximum atomic E-state index is 13.7. The highest BCUT2D eigenvalue weighted by molar-refractivity contribution is 7.80. The number of rotatable bonds is 5. The Kier molecular flexibility index (Phi) is 6.18. The van der Waals surface area contributed by atoms with Gasteiger partial charge in [0.25, 0.3) is 5.91 Å². The molecule has 0 aliphatic rings. The molecule has 7 heteroatoms. The number of benzene rings is 3. The summed E-state index contributed by atoms with van der Waals surface area (Å²) in [6, 6.07) is 20.1. The highest BCUT2D eigenvalue weighted by Gasteiger charge is 2.07. The number of thiocarbonyl (C=S) groups is 1. The number of para-hydroxylation sites is 1. The molecule has 0 fully saturated rings. The number of amides is 1. The first-order chi connectivity index (χ1) is 13.5. The van der Waals surface area contributed by atoms with E-state index in [4.69, 9.17) is 17.0 Å². The maximum Gasteiger partial charge on any atom is 0.255 e. The van der Waals surface area contributed by atoms with Crippen LogP contribution in [0, 0.1) is 5.82 Å². The van der Waals surface area contributed by atoms with Crippen LogP contribution in [0.25, 0.3) is 0 Å². The summed E-state index contributed by atoms with van der Waals surface area (Å²) < 4.78 is 18.7. The molecule has 0 saturated heterocycles. The highest BCUT2D eigenvalue weighted by Crippen LogP contribution is 2.17. The van der Waals surface area contributed by atoms with Gasteiger partial charge in [-0.2, -0.15) is 0 Å². The fourth-order valence-corrected chi connectivity index (χ4v) is 2.66. The molecular weight excluding hydrogens is 377 g/mol. The SMILES string of the molecule is COc1ccc(NC(=O)c2ccc(NC(=S)Nc3ccccc3F)cc2)cc1. The Morgan fingerprint density at radius 3 is 2.11 bits per heavy atom. The van der Waals surface area contributed by atoms with Gasteiger partial charge in [0.15, 0.2) is 5.11 Å². The summed E-state index contributed by atoms with van der Waals surface area (Å²) >= 11 is 5.19. The van der Waals surface area contributed by atoms with Crippen molar-refractivity contribution in [2.24, 2.45) is 0 Å². The first-order valence-electron chi connectivity index (χ1n) is 8.43. The van der Waals surface area contributed by atoms with Crippen LogP contribution in [0.3, 0.4) is 0 Å². The van der Waals surface area contributed by atoms with Crippen LogP contribution < -0.4 is 20.7 Å². The van der Waals surface area contributed by atoms with E-state index in [1.54, 1.807) is 73.8 Å². The van der Waals surface area contributed by atoms with Gasteiger partial charge in [0.05, 0.1) is 12.8 Å². The Labute approximate surface area is 167 Å². The van der Waals surface area contributed by atoms with Gasteiger partial charge in [-0.1, -0.05) is 12.1 Å². The van der Waals surface area contributed by atoms with Crippen LogP contribution in [0.4, 0.5) is 21.5 Å². The number of nitrogens with one attached hydrogen (secondary N) is 3. The van der Waals surface area contributed by atoms with Crippen LogP contribution in [0.1, 0.15) is 10.4 Å². The molecule has 5 nitrogen and oxygen atoms in total. The Morgan fingerprint density at radius 1 is 0.857 bits per heavy atom. The van der Waals surface area contributed by atoms with E-state index < -0.39 is 5.82 Å². The standard InChI is InChI=1S/C21H18FN3O2S/c1-27-17-12-10-15(11-13-17)23-20(26)14-6-8-16(9-7-14)24-21(28)25-19-5-3-2-4-18(19)22/h2-13H,1H3,(H,23,26)(H2,24,25,28). The smallest absolute Gasteiger partial charge is 0.255 e. The summed E-state index contributed by atoms with van der Waals surface area (Å²) in [5, 5.41) is 8.81. The largest absolute Gasteiger partial charge is 0.497 e. The third-order valence-electron chi connectivity index (χ3n) is 3.87. The van der Waals surface area contributed by atoms with Gasteiger partial charge in [0, 0.05) is 16.9 Å². The molecule has 3 aromatic carbocycles. The second kappa shape index (κ2) is 8.96. The van der Waals surface area contributed by atoms with Crippen molar-refractivity contribution in [1.82, 2.24) is 0 Å². The molecule has 0 radical (unpaired) electrons. The molecule has 28 heavy (non-hydrogen) atoms. The number of ether oxygens (including phenoxy) is 1. The van der Waals surface area contributed by atoms with Crippen molar-refractivity contribution in [3.05, 3.63) is 84.2 Å². The summed E-state index contributed by atoms with van der Waals surface area (Å²) in [4.78, 5) is 12.3. The lowest BCUT2D eigenvalue weighted by molar-refractivity contribution is 0.102. The molecule has 0 atom stereocenters. The van der Waals surface area contributed by atoms with Crippen LogP contribution in [0.2, 0.25) is 0 Å². The quantitative estimate of drug-likeness (QED) is 0.537. The van der Waals surface area contributed by atoms with Gasteiger partial charge in [-0.05, 0) is 72.9 Å². The van der Waals surface area contributed by atoms with E-state index in [9.17, 15) is 9.18 Å². The molecule has 0 unspecified atom stereocenters. The summed E-state index contributed by atoms with van der Waals surface area (Å²) in [6.07, 6.45) is 0. The highest BCUT2D eigenvalue weighted by atomic mass is 32.1.